The minimum Gasteiger partial charge on any atom is -0.334 e. The van der Waals surface area contributed by atoms with Crippen molar-refractivity contribution in [2.75, 3.05) is 12.4 Å². The van der Waals surface area contributed by atoms with Gasteiger partial charge in [-0.15, -0.1) is 11.6 Å². The summed E-state index contributed by atoms with van der Waals surface area (Å²) in [6.45, 7) is 0.318. The Morgan fingerprint density at radius 3 is 2.35 bits per heavy atom. The summed E-state index contributed by atoms with van der Waals surface area (Å²) in [4.78, 5) is 14.0. The maximum absolute atomic E-state index is 13.7. The predicted molar refractivity (Wildman–Crippen MR) is 75.0 cm³/mol. The van der Waals surface area contributed by atoms with Crippen LogP contribution >= 0.6 is 11.6 Å². The van der Waals surface area contributed by atoms with E-state index in [1.165, 1.54) is 11.0 Å². The number of hydrogen-bond donors (Lipinski definition) is 0. The molecule has 0 N–H and O–H groups in total. The first-order valence-electron chi connectivity index (χ1n) is 6.96. The van der Waals surface area contributed by atoms with Crippen LogP contribution in [-0.4, -0.2) is 29.3 Å². The van der Waals surface area contributed by atoms with Gasteiger partial charge in [0.15, 0.2) is 0 Å². The Morgan fingerprint density at radius 1 is 1.20 bits per heavy atom. The number of rotatable bonds is 4. The molecule has 1 aromatic rings. The van der Waals surface area contributed by atoms with Crippen molar-refractivity contribution < 1.29 is 13.6 Å². The van der Waals surface area contributed by atoms with E-state index in [4.69, 9.17) is 11.6 Å². The van der Waals surface area contributed by atoms with E-state index in [0.29, 0.717) is 6.54 Å². The van der Waals surface area contributed by atoms with E-state index in [2.05, 4.69) is 0 Å². The zero-order valence-electron chi connectivity index (χ0n) is 11.2. The minimum absolute atomic E-state index is 0.0361. The number of amides is 1. The van der Waals surface area contributed by atoms with Gasteiger partial charge in [0.2, 0.25) is 0 Å². The minimum atomic E-state index is -0.814. The molecule has 0 unspecified atom stereocenters. The second kappa shape index (κ2) is 7.02. The summed E-state index contributed by atoms with van der Waals surface area (Å²) in [5.41, 5.74) is -0.469. The van der Waals surface area contributed by atoms with Crippen LogP contribution in [0.25, 0.3) is 0 Å². The molecule has 0 bridgehead atoms. The Hall–Kier alpha value is -1.16. The maximum atomic E-state index is 13.7. The monoisotopic (exact) mass is 301 g/mol. The van der Waals surface area contributed by atoms with Crippen LogP contribution in [0.1, 0.15) is 42.5 Å². The highest BCUT2D eigenvalue weighted by Gasteiger charge is 2.29. The molecule has 0 saturated heterocycles. The van der Waals surface area contributed by atoms with Crippen LogP contribution in [0.2, 0.25) is 0 Å². The molecule has 1 aliphatic rings. The normalized spacial score (nSPS) is 16.1. The van der Waals surface area contributed by atoms with Crippen molar-refractivity contribution in [3.8, 4) is 0 Å². The largest absolute Gasteiger partial charge is 0.334 e. The molecule has 0 aromatic heterocycles. The van der Waals surface area contributed by atoms with Crippen LogP contribution in [0.4, 0.5) is 8.78 Å². The number of carbonyl (C=O) groups excluding carboxylic acids is 1. The first kappa shape index (κ1) is 15.2. The van der Waals surface area contributed by atoms with Crippen LogP contribution in [0.15, 0.2) is 18.2 Å². The highest BCUT2D eigenvalue weighted by atomic mass is 35.5. The molecule has 0 radical (unpaired) electrons. The summed E-state index contributed by atoms with van der Waals surface area (Å²) in [6.07, 6.45) is 4.97. The number of benzene rings is 1. The predicted octanol–water partition coefficient (Wildman–Crippen LogP) is 3.98. The lowest BCUT2D eigenvalue weighted by molar-refractivity contribution is 0.0639. The van der Waals surface area contributed by atoms with Gasteiger partial charge in [-0.05, 0) is 25.0 Å². The lowest BCUT2D eigenvalue weighted by Crippen LogP contribution is -2.43. The van der Waals surface area contributed by atoms with Crippen LogP contribution in [0.3, 0.4) is 0 Å². The molecule has 0 heterocycles. The summed E-state index contributed by atoms with van der Waals surface area (Å²) in [7, 11) is 0. The van der Waals surface area contributed by atoms with Crippen molar-refractivity contribution in [2.45, 2.75) is 38.1 Å². The smallest absolute Gasteiger partial charge is 0.260 e. The van der Waals surface area contributed by atoms with E-state index in [1.807, 2.05) is 0 Å². The third-order valence-electron chi connectivity index (χ3n) is 3.78. The topological polar surface area (TPSA) is 20.3 Å². The molecule has 2 nitrogen and oxygen atoms in total. The first-order valence-corrected chi connectivity index (χ1v) is 7.49. The van der Waals surface area contributed by atoms with Gasteiger partial charge in [0.05, 0.1) is 0 Å². The Bertz CT molecular complexity index is 455. The van der Waals surface area contributed by atoms with Crippen molar-refractivity contribution in [2.24, 2.45) is 0 Å². The van der Waals surface area contributed by atoms with Crippen LogP contribution < -0.4 is 0 Å². The quantitative estimate of drug-likeness (QED) is 0.770. The second-order valence-corrected chi connectivity index (χ2v) is 5.45. The van der Waals surface area contributed by atoms with Gasteiger partial charge < -0.3 is 4.90 Å². The molecule has 2 rings (SSSR count). The second-order valence-electron chi connectivity index (χ2n) is 5.08. The number of hydrogen-bond acceptors (Lipinski definition) is 1. The average molecular weight is 302 g/mol. The van der Waals surface area contributed by atoms with Crippen molar-refractivity contribution in [1.29, 1.82) is 0 Å². The number of nitrogens with zero attached hydrogens (tertiary/aromatic N) is 1. The van der Waals surface area contributed by atoms with Gasteiger partial charge in [-0.1, -0.05) is 25.3 Å². The van der Waals surface area contributed by atoms with Gasteiger partial charge in [-0.25, -0.2) is 8.78 Å². The molecule has 5 heteroatoms. The maximum Gasteiger partial charge on any atom is 0.260 e. The van der Waals surface area contributed by atoms with Crippen LogP contribution in [0.5, 0.6) is 0 Å². The summed E-state index contributed by atoms with van der Waals surface area (Å²) in [5, 5.41) is 0. The highest BCUT2D eigenvalue weighted by Crippen LogP contribution is 2.25. The van der Waals surface area contributed by atoms with E-state index in [0.717, 1.165) is 44.2 Å². The Labute approximate surface area is 122 Å². The molecule has 0 aliphatic heterocycles. The molecule has 1 saturated carbocycles. The first-order chi connectivity index (χ1) is 9.65. The van der Waals surface area contributed by atoms with Crippen LogP contribution in [0, 0.1) is 11.6 Å². The molecule has 0 atom stereocenters. The Morgan fingerprint density at radius 2 is 1.80 bits per heavy atom. The van der Waals surface area contributed by atoms with E-state index < -0.39 is 23.1 Å². The van der Waals surface area contributed by atoms with E-state index >= 15 is 0 Å². The third kappa shape index (κ3) is 3.29. The number of carbonyl (C=O) groups is 1. The fourth-order valence-corrected chi connectivity index (χ4v) is 2.96. The van der Waals surface area contributed by atoms with Crippen molar-refractivity contribution in [3.05, 3.63) is 35.4 Å². The van der Waals surface area contributed by atoms with Crippen LogP contribution in [-0.2, 0) is 0 Å². The average Bonchev–Trinajstić information content (AvgIpc) is 2.45. The van der Waals surface area contributed by atoms with E-state index in [-0.39, 0.29) is 11.9 Å². The number of halogens is 3. The lowest BCUT2D eigenvalue weighted by atomic mass is 9.93. The van der Waals surface area contributed by atoms with Gasteiger partial charge in [-0.2, -0.15) is 0 Å². The molecule has 1 amide bonds. The summed E-state index contributed by atoms with van der Waals surface area (Å²) in [6, 6.07) is 3.51. The molecule has 1 aliphatic carbocycles. The highest BCUT2D eigenvalue weighted by molar-refractivity contribution is 6.18. The Kier molecular flexibility index (Phi) is 5.35. The van der Waals surface area contributed by atoms with E-state index in [9.17, 15) is 13.6 Å². The van der Waals surface area contributed by atoms with Gasteiger partial charge in [0, 0.05) is 18.5 Å². The Balaban J connectivity index is 2.26. The van der Waals surface area contributed by atoms with Gasteiger partial charge >= 0.3 is 0 Å². The fraction of sp³-hybridized carbons (Fsp3) is 0.533. The molecule has 1 fully saturated rings. The standard InChI is InChI=1S/C15H18ClF2NO/c16-9-10-19(11-5-2-1-3-6-11)15(20)14-12(17)7-4-8-13(14)18/h4,7-8,11H,1-3,5-6,9-10H2. The summed E-state index contributed by atoms with van der Waals surface area (Å²) >= 11 is 5.75. The van der Waals surface area contributed by atoms with Crippen molar-refractivity contribution >= 4 is 17.5 Å². The molecular weight excluding hydrogens is 284 g/mol. The zero-order valence-corrected chi connectivity index (χ0v) is 12.0. The fourth-order valence-electron chi connectivity index (χ4n) is 2.78. The van der Waals surface area contributed by atoms with Crippen molar-refractivity contribution in [1.82, 2.24) is 4.90 Å². The molecule has 110 valence electrons. The third-order valence-corrected chi connectivity index (χ3v) is 3.95. The molecule has 0 spiro atoms. The SMILES string of the molecule is O=C(c1c(F)cccc1F)N(CCCl)C1CCCCC1. The molecular formula is C15H18ClF2NO. The van der Waals surface area contributed by atoms with Gasteiger partial charge in [0.25, 0.3) is 5.91 Å². The summed E-state index contributed by atoms with van der Waals surface area (Å²) < 4.78 is 27.5. The van der Waals surface area contributed by atoms with Gasteiger partial charge in [0.1, 0.15) is 17.2 Å². The summed E-state index contributed by atoms with van der Waals surface area (Å²) in [5.74, 6) is -1.96. The van der Waals surface area contributed by atoms with Crippen molar-refractivity contribution in [3.63, 3.8) is 0 Å². The lowest BCUT2D eigenvalue weighted by Gasteiger charge is -2.34. The number of alkyl halides is 1. The van der Waals surface area contributed by atoms with Gasteiger partial charge in [-0.3, -0.25) is 4.79 Å². The molecule has 1 aromatic carbocycles. The van der Waals surface area contributed by atoms with E-state index in [1.54, 1.807) is 0 Å². The molecule has 20 heavy (non-hydrogen) atoms. The zero-order chi connectivity index (χ0) is 14.5.